The number of hydrogen-bond acceptors (Lipinski definition) is 6. The van der Waals surface area contributed by atoms with Crippen LogP contribution in [0.4, 0.5) is 0 Å². The Kier molecular flexibility index (Phi) is 5.94. The van der Waals surface area contributed by atoms with E-state index in [1.807, 2.05) is 0 Å². The number of furan rings is 1. The van der Waals surface area contributed by atoms with Crippen LogP contribution < -0.4 is 5.32 Å². The van der Waals surface area contributed by atoms with Crippen molar-refractivity contribution in [3.05, 3.63) is 30.2 Å². The summed E-state index contributed by atoms with van der Waals surface area (Å²) in [7, 11) is 3.03. The lowest BCUT2D eigenvalue weighted by Crippen LogP contribution is -2.25. The minimum Gasteiger partial charge on any atom is -0.481 e. The second-order valence-corrected chi connectivity index (χ2v) is 6.77. The molecule has 0 unspecified atom stereocenters. The first-order valence-electron chi connectivity index (χ1n) is 6.24. The van der Waals surface area contributed by atoms with Crippen LogP contribution in [0, 0.1) is 0 Å². The third-order valence-corrected chi connectivity index (χ3v) is 4.93. The molecule has 21 heavy (non-hydrogen) atoms. The molecule has 2 rings (SSSR count). The van der Waals surface area contributed by atoms with Crippen LogP contribution >= 0.6 is 21.6 Å². The first kappa shape index (κ1) is 15.7. The molecule has 0 bridgehead atoms. The lowest BCUT2D eigenvalue weighted by molar-refractivity contribution is -0.136. The molecule has 6 nitrogen and oxygen atoms in total. The van der Waals surface area contributed by atoms with Gasteiger partial charge in [0.15, 0.2) is 5.58 Å². The van der Waals surface area contributed by atoms with Gasteiger partial charge in [-0.15, -0.1) is 0 Å². The van der Waals surface area contributed by atoms with E-state index in [1.165, 1.54) is 23.3 Å². The van der Waals surface area contributed by atoms with Gasteiger partial charge >= 0.3 is 5.97 Å². The second-order valence-electron chi connectivity index (χ2n) is 4.07. The van der Waals surface area contributed by atoms with E-state index in [4.69, 9.17) is 9.52 Å². The van der Waals surface area contributed by atoms with E-state index in [9.17, 15) is 9.59 Å². The molecule has 2 aromatic rings. The third-order valence-electron chi connectivity index (χ3n) is 2.52. The lowest BCUT2D eigenvalue weighted by Gasteiger charge is -2.04. The molecular weight excluding hydrogens is 312 g/mol. The van der Waals surface area contributed by atoms with E-state index < -0.39 is 5.97 Å². The highest BCUT2D eigenvalue weighted by Crippen LogP contribution is 2.21. The van der Waals surface area contributed by atoms with Crippen LogP contribution in [0.25, 0.3) is 11.1 Å². The van der Waals surface area contributed by atoms with E-state index in [0.29, 0.717) is 29.2 Å². The van der Waals surface area contributed by atoms with Gasteiger partial charge in [0, 0.05) is 30.3 Å². The minimum atomic E-state index is -0.794. The maximum Gasteiger partial charge on any atom is 0.304 e. The fourth-order valence-electron chi connectivity index (χ4n) is 1.53. The zero-order valence-corrected chi connectivity index (χ0v) is 12.7. The van der Waals surface area contributed by atoms with E-state index in [0.717, 1.165) is 5.52 Å². The van der Waals surface area contributed by atoms with Crippen molar-refractivity contribution in [1.29, 1.82) is 0 Å². The molecule has 112 valence electrons. The Morgan fingerprint density at radius 3 is 2.95 bits per heavy atom. The van der Waals surface area contributed by atoms with E-state index >= 15 is 0 Å². The van der Waals surface area contributed by atoms with Crippen LogP contribution in [0.1, 0.15) is 16.8 Å². The van der Waals surface area contributed by atoms with Gasteiger partial charge in [-0.3, -0.25) is 14.6 Å². The predicted octanol–water partition coefficient (Wildman–Crippen LogP) is 2.41. The number of pyridine rings is 1. The number of aliphatic carboxylic acids is 1. The average Bonchev–Trinajstić information content (AvgIpc) is 2.93. The Bertz CT molecular complexity index is 629. The van der Waals surface area contributed by atoms with Crippen molar-refractivity contribution in [2.75, 3.05) is 18.1 Å². The van der Waals surface area contributed by atoms with E-state index in [-0.39, 0.29) is 12.3 Å². The summed E-state index contributed by atoms with van der Waals surface area (Å²) in [5, 5.41) is 11.3. The summed E-state index contributed by atoms with van der Waals surface area (Å²) in [5.41, 5.74) is 1.76. The minimum absolute atomic E-state index is 0.152. The molecule has 0 aliphatic rings. The summed E-state index contributed by atoms with van der Waals surface area (Å²) in [5.74, 6) is 0.286. The quantitative estimate of drug-likeness (QED) is 0.568. The van der Waals surface area contributed by atoms with Gasteiger partial charge in [-0.1, -0.05) is 21.6 Å². The molecule has 1 amide bonds. The number of nitrogens with one attached hydrogen (secondary N) is 1. The zero-order valence-electron chi connectivity index (χ0n) is 11.1. The van der Waals surface area contributed by atoms with Gasteiger partial charge in [-0.05, 0) is 6.07 Å². The Morgan fingerprint density at radius 1 is 1.33 bits per heavy atom. The Morgan fingerprint density at radius 2 is 2.14 bits per heavy atom. The molecule has 2 N–H and O–H groups in total. The fourth-order valence-corrected chi connectivity index (χ4v) is 3.41. The van der Waals surface area contributed by atoms with Gasteiger partial charge in [0.2, 0.25) is 0 Å². The third kappa shape index (κ3) is 4.98. The van der Waals surface area contributed by atoms with E-state index in [1.54, 1.807) is 22.9 Å². The number of nitrogens with zero attached hydrogens (tertiary/aromatic N) is 1. The van der Waals surface area contributed by atoms with Crippen molar-refractivity contribution in [2.24, 2.45) is 0 Å². The molecule has 0 aliphatic heterocycles. The van der Waals surface area contributed by atoms with Gasteiger partial charge in [0.05, 0.1) is 18.2 Å². The summed E-state index contributed by atoms with van der Waals surface area (Å²) < 4.78 is 5.20. The van der Waals surface area contributed by atoms with Gasteiger partial charge in [0.1, 0.15) is 5.52 Å². The second kappa shape index (κ2) is 7.94. The Labute approximate surface area is 129 Å². The predicted molar refractivity (Wildman–Crippen MR) is 83.5 cm³/mol. The monoisotopic (exact) mass is 326 g/mol. The Hall–Kier alpha value is -1.67. The molecular formula is C13H14N2O4S2. The smallest absolute Gasteiger partial charge is 0.304 e. The summed E-state index contributed by atoms with van der Waals surface area (Å²) in [6, 6.07) is 3.40. The van der Waals surface area contributed by atoms with Gasteiger partial charge in [-0.25, -0.2) is 0 Å². The summed E-state index contributed by atoms with van der Waals surface area (Å²) in [4.78, 5) is 26.3. The number of hydrogen-bond donors (Lipinski definition) is 2. The number of carbonyl (C=O) groups is 2. The largest absolute Gasteiger partial charge is 0.481 e. The number of carboxylic acid groups (broad SMARTS) is 1. The number of aromatic nitrogens is 1. The molecule has 8 heteroatoms. The molecule has 2 aromatic heterocycles. The highest BCUT2D eigenvalue weighted by atomic mass is 33.1. The maximum absolute atomic E-state index is 11.9. The van der Waals surface area contributed by atoms with Gasteiger partial charge in [-0.2, -0.15) is 0 Å². The topological polar surface area (TPSA) is 92.4 Å². The first-order valence-corrected chi connectivity index (χ1v) is 8.73. The average molecular weight is 326 g/mol. The molecule has 0 saturated carbocycles. The molecule has 0 aliphatic carbocycles. The zero-order chi connectivity index (χ0) is 15.1. The molecule has 0 spiro atoms. The highest BCUT2D eigenvalue weighted by molar-refractivity contribution is 8.76. The number of fused-ring (bicyclic) bond motifs is 1. The SMILES string of the molecule is O=C(O)CCSSCCNC(=O)c1cnc2ccoc2c1. The lowest BCUT2D eigenvalue weighted by atomic mass is 10.2. The number of carbonyl (C=O) groups excluding carboxylic acids is 1. The van der Waals surface area contributed by atoms with Crippen molar-refractivity contribution < 1.29 is 19.1 Å². The highest BCUT2D eigenvalue weighted by Gasteiger charge is 2.08. The van der Waals surface area contributed by atoms with Gasteiger partial charge < -0.3 is 14.8 Å². The van der Waals surface area contributed by atoms with Crippen molar-refractivity contribution in [2.45, 2.75) is 6.42 Å². The first-order chi connectivity index (χ1) is 10.2. The van der Waals surface area contributed by atoms with Crippen LogP contribution in [0.2, 0.25) is 0 Å². The summed E-state index contributed by atoms with van der Waals surface area (Å²) in [6.45, 7) is 0.514. The molecule has 0 atom stereocenters. The van der Waals surface area contributed by atoms with Crippen LogP contribution in [-0.2, 0) is 4.79 Å². The van der Waals surface area contributed by atoms with E-state index in [2.05, 4.69) is 10.3 Å². The van der Waals surface area contributed by atoms with Crippen molar-refractivity contribution in [1.82, 2.24) is 10.3 Å². The van der Waals surface area contributed by atoms with Crippen LogP contribution in [0.15, 0.2) is 29.0 Å². The summed E-state index contributed by atoms with van der Waals surface area (Å²) >= 11 is 0. The van der Waals surface area contributed by atoms with Crippen LogP contribution in [0.3, 0.4) is 0 Å². The number of carboxylic acids is 1. The normalized spacial score (nSPS) is 10.7. The number of amides is 1. The summed E-state index contributed by atoms with van der Waals surface area (Å²) in [6.07, 6.45) is 3.20. The van der Waals surface area contributed by atoms with Gasteiger partial charge in [0.25, 0.3) is 5.91 Å². The fraction of sp³-hybridized carbons (Fsp3) is 0.308. The Balaban J connectivity index is 1.68. The van der Waals surface area contributed by atoms with Crippen molar-refractivity contribution in [3.8, 4) is 0 Å². The molecule has 0 saturated heterocycles. The van der Waals surface area contributed by atoms with Crippen molar-refractivity contribution in [3.63, 3.8) is 0 Å². The molecule has 0 fully saturated rings. The number of rotatable bonds is 8. The molecule has 2 heterocycles. The van der Waals surface area contributed by atoms with Crippen LogP contribution in [-0.4, -0.2) is 40.0 Å². The maximum atomic E-state index is 11.9. The van der Waals surface area contributed by atoms with Crippen LogP contribution in [0.5, 0.6) is 0 Å². The molecule has 0 aromatic carbocycles. The molecule has 0 radical (unpaired) electrons. The van der Waals surface area contributed by atoms with Crippen molar-refractivity contribution >= 4 is 44.6 Å². The standard InChI is InChI=1S/C13H14N2O4S2/c16-12(17)2-5-20-21-6-3-14-13(18)9-7-11-10(15-8-9)1-4-19-11/h1,4,7-8H,2-3,5-6H2,(H,14,18)(H,16,17).